The molecule has 1 N–H and O–H groups in total. The van der Waals surface area contributed by atoms with Crippen LogP contribution in [0.1, 0.15) is 21.8 Å². The number of nitrogens with zero attached hydrogens (tertiary/aromatic N) is 3. The van der Waals surface area contributed by atoms with Gasteiger partial charge in [-0.05, 0) is 67.1 Å². The zero-order valence-corrected chi connectivity index (χ0v) is 20.9. The molecule has 9 heteroatoms. The molecule has 0 saturated carbocycles. The molecule has 0 aliphatic carbocycles. The average molecular weight is 525 g/mol. The first-order valence-electron chi connectivity index (χ1n) is 11.6. The summed E-state index contributed by atoms with van der Waals surface area (Å²) in [4.78, 5) is 23.2. The summed E-state index contributed by atoms with van der Waals surface area (Å²) in [5, 5.41) is 15.3. The molecule has 2 heterocycles. The summed E-state index contributed by atoms with van der Waals surface area (Å²) < 4.78 is 7.81. The van der Waals surface area contributed by atoms with Crippen LogP contribution in [0.3, 0.4) is 0 Å². The van der Waals surface area contributed by atoms with Crippen molar-refractivity contribution in [1.29, 1.82) is 0 Å². The van der Waals surface area contributed by atoms with Gasteiger partial charge in [0.2, 0.25) is 0 Å². The SMILES string of the molecule is Cc1ccc(-c2ccccc2)n1-c1ccc(C(=O)N/N=C/c2ccc(-c3cc([N+](=O)[O-])ccc3Cl)o2)cc1. The molecule has 0 unspecified atom stereocenters. The van der Waals surface area contributed by atoms with Gasteiger partial charge < -0.3 is 8.98 Å². The van der Waals surface area contributed by atoms with Gasteiger partial charge in [-0.1, -0.05) is 41.9 Å². The molecule has 0 atom stereocenters. The van der Waals surface area contributed by atoms with E-state index in [9.17, 15) is 14.9 Å². The van der Waals surface area contributed by atoms with Crippen molar-refractivity contribution in [3.05, 3.63) is 129 Å². The fourth-order valence-corrected chi connectivity index (χ4v) is 4.29. The third kappa shape index (κ3) is 5.11. The number of aryl methyl sites for hydroxylation is 1. The number of hydrogen-bond donors (Lipinski definition) is 1. The second-order valence-electron chi connectivity index (χ2n) is 8.43. The third-order valence-electron chi connectivity index (χ3n) is 5.94. The number of halogens is 1. The van der Waals surface area contributed by atoms with E-state index in [1.807, 2.05) is 37.3 Å². The number of hydrogen-bond acceptors (Lipinski definition) is 5. The predicted molar refractivity (Wildman–Crippen MR) is 147 cm³/mol. The van der Waals surface area contributed by atoms with Crippen molar-refractivity contribution in [2.45, 2.75) is 6.92 Å². The van der Waals surface area contributed by atoms with Crippen LogP contribution in [0.5, 0.6) is 0 Å². The van der Waals surface area contributed by atoms with Crippen molar-refractivity contribution in [2.75, 3.05) is 0 Å². The standard InChI is InChI=1S/C29H21ClN4O4/c1-19-7-15-27(20-5-3-2-4-6-20)33(19)22-10-8-21(9-11-22)29(35)32-31-18-24-13-16-28(38-24)25-17-23(34(36)37)12-14-26(25)30/h2-18H,1H3,(H,32,35)/b31-18+. The second-order valence-corrected chi connectivity index (χ2v) is 8.84. The number of benzene rings is 3. The Kier molecular flexibility index (Phi) is 6.88. The highest BCUT2D eigenvalue weighted by Crippen LogP contribution is 2.32. The first-order chi connectivity index (χ1) is 18.4. The summed E-state index contributed by atoms with van der Waals surface area (Å²) in [6.45, 7) is 2.04. The van der Waals surface area contributed by atoms with Gasteiger partial charge >= 0.3 is 0 Å². The maximum atomic E-state index is 12.6. The smallest absolute Gasteiger partial charge is 0.271 e. The fraction of sp³-hybridized carbons (Fsp3) is 0.0345. The summed E-state index contributed by atoms with van der Waals surface area (Å²) in [5.41, 5.74) is 7.40. The molecule has 1 amide bonds. The van der Waals surface area contributed by atoms with Crippen molar-refractivity contribution in [2.24, 2.45) is 5.10 Å². The van der Waals surface area contributed by atoms with E-state index >= 15 is 0 Å². The number of non-ortho nitro benzene ring substituents is 1. The monoisotopic (exact) mass is 524 g/mol. The van der Waals surface area contributed by atoms with Crippen LogP contribution in [0.15, 0.2) is 107 Å². The maximum absolute atomic E-state index is 12.6. The normalized spacial score (nSPS) is 11.1. The number of nitro benzene ring substituents is 1. The highest BCUT2D eigenvalue weighted by Gasteiger charge is 2.14. The molecule has 188 valence electrons. The van der Waals surface area contributed by atoms with E-state index in [0.29, 0.717) is 27.7 Å². The largest absolute Gasteiger partial charge is 0.455 e. The summed E-state index contributed by atoms with van der Waals surface area (Å²) >= 11 is 6.18. The number of nitrogens with one attached hydrogen (secondary N) is 1. The molecular weight excluding hydrogens is 504 g/mol. The highest BCUT2D eigenvalue weighted by molar-refractivity contribution is 6.33. The molecule has 8 nitrogen and oxygen atoms in total. The fourth-order valence-electron chi connectivity index (χ4n) is 4.08. The predicted octanol–water partition coefficient (Wildman–Crippen LogP) is 7.04. The number of hydrazone groups is 1. The van der Waals surface area contributed by atoms with Gasteiger partial charge in [0.25, 0.3) is 11.6 Å². The van der Waals surface area contributed by atoms with Crippen LogP contribution in [-0.4, -0.2) is 21.6 Å². The maximum Gasteiger partial charge on any atom is 0.271 e. The lowest BCUT2D eigenvalue weighted by atomic mass is 10.1. The van der Waals surface area contributed by atoms with Crippen LogP contribution in [0, 0.1) is 17.0 Å². The molecule has 0 aliphatic rings. The van der Waals surface area contributed by atoms with Crippen LogP contribution in [0.4, 0.5) is 5.69 Å². The molecule has 0 fully saturated rings. The van der Waals surface area contributed by atoms with Crippen molar-refractivity contribution in [1.82, 2.24) is 9.99 Å². The Hall–Kier alpha value is -4.95. The number of carbonyl (C=O) groups is 1. The Bertz CT molecular complexity index is 1650. The average Bonchev–Trinajstić information content (AvgIpc) is 3.56. The van der Waals surface area contributed by atoms with Crippen molar-refractivity contribution < 1.29 is 14.1 Å². The molecule has 0 saturated heterocycles. The Morgan fingerprint density at radius 2 is 1.76 bits per heavy atom. The number of amides is 1. The Balaban J connectivity index is 1.27. The molecule has 3 aromatic carbocycles. The van der Waals surface area contributed by atoms with Crippen LogP contribution in [0.2, 0.25) is 5.02 Å². The van der Waals surface area contributed by atoms with E-state index in [2.05, 4.69) is 39.4 Å². The van der Waals surface area contributed by atoms with Gasteiger partial charge in [0, 0.05) is 34.6 Å². The quantitative estimate of drug-likeness (QED) is 0.140. The van der Waals surface area contributed by atoms with Crippen LogP contribution in [0.25, 0.3) is 28.3 Å². The summed E-state index contributed by atoms with van der Waals surface area (Å²) in [7, 11) is 0. The number of aromatic nitrogens is 1. The minimum atomic E-state index is -0.505. The van der Waals surface area contributed by atoms with Gasteiger partial charge in [0.05, 0.1) is 21.9 Å². The summed E-state index contributed by atoms with van der Waals surface area (Å²) in [5.74, 6) is 0.306. The van der Waals surface area contributed by atoms with Crippen molar-refractivity contribution in [3.63, 3.8) is 0 Å². The first kappa shape index (κ1) is 24.7. The lowest BCUT2D eigenvalue weighted by Gasteiger charge is -2.12. The van der Waals surface area contributed by atoms with Crippen LogP contribution in [-0.2, 0) is 0 Å². The molecule has 2 aromatic heterocycles. The Labute approximate surface area is 223 Å². The van der Waals surface area contributed by atoms with E-state index in [-0.39, 0.29) is 11.6 Å². The molecule has 5 aromatic rings. The van der Waals surface area contributed by atoms with E-state index < -0.39 is 4.92 Å². The minimum Gasteiger partial charge on any atom is -0.455 e. The molecule has 0 spiro atoms. The molecular formula is C29H21ClN4O4. The number of carbonyl (C=O) groups excluding carboxylic acids is 1. The van der Waals surface area contributed by atoms with Crippen molar-refractivity contribution in [3.8, 4) is 28.3 Å². The summed E-state index contributed by atoms with van der Waals surface area (Å²) in [6, 6.07) is 28.9. The molecule has 5 rings (SSSR count). The van der Waals surface area contributed by atoms with Gasteiger partial charge in [-0.3, -0.25) is 14.9 Å². The van der Waals surface area contributed by atoms with E-state index in [4.69, 9.17) is 16.0 Å². The van der Waals surface area contributed by atoms with Crippen molar-refractivity contribution >= 4 is 29.4 Å². The molecule has 0 bridgehead atoms. The third-order valence-corrected chi connectivity index (χ3v) is 6.27. The zero-order chi connectivity index (χ0) is 26.6. The molecule has 38 heavy (non-hydrogen) atoms. The van der Waals surface area contributed by atoms with E-state index in [1.165, 1.54) is 24.4 Å². The van der Waals surface area contributed by atoms with E-state index in [0.717, 1.165) is 22.6 Å². The Morgan fingerprint density at radius 3 is 2.50 bits per heavy atom. The number of rotatable bonds is 7. The topological polar surface area (TPSA) is 103 Å². The lowest BCUT2D eigenvalue weighted by Crippen LogP contribution is -2.17. The van der Waals surface area contributed by atoms with E-state index in [1.54, 1.807) is 24.3 Å². The number of furan rings is 1. The van der Waals surface area contributed by atoms with Gasteiger partial charge in [-0.2, -0.15) is 5.10 Å². The zero-order valence-electron chi connectivity index (χ0n) is 20.2. The highest BCUT2D eigenvalue weighted by atomic mass is 35.5. The minimum absolute atomic E-state index is 0.0995. The van der Waals surface area contributed by atoms with Crippen LogP contribution >= 0.6 is 11.6 Å². The van der Waals surface area contributed by atoms with Gasteiger partial charge in [-0.15, -0.1) is 0 Å². The molecule has 0 radical (unpaired) electrons. The first-order valence-corrected chi connectivity index (χ1v) is 12.0. The number of nitro groups is 1. The van der Waals surface area contributed by atoms with Gasteiger partial charge in [-0.25, -0.2) is 5.43 Å². The van der Waals surface area contributed by atoms with Gasteiger partial charge in [0.1, 0.15) is 11.5 Å². The Morgan fingerprint density at radius 1 is 1.00 bits per heavy atom. The van der Waals surface area contributed by atoms with Crippen LogP contribution < -0.4 is 5.43 Å². The second kappa shape index (κ2) is 10.6. The van der Waals surface area contributed by atoms with Gasteiger partial charge in [0.15, 0.2) is 0 Å². The summed E-state index contributed by atoms with van der Waals surface area (Å²) in [6.07, 6.45) is 1.34. The lowest BCUT2D eigenvalue weighted by molar-refractivity contribution is -0.384. The molecule has 0 aliphatic heterocycles.